The first kappa shape index (κ1) is 26.9. The molecular weight excluding hydrogens is 499 g/mol. The average Bonchev–Trinajstić information content (AvgIpc) is 2.88. The highest BCUT2D eigenvalue weighted by Gasteiger charge is 2.45. The zero-order valence-electron chi connectivity index (χ0n) is 21.3. The van der Waals surface area contributed by atoms with Crippen LogP contribution in [0.25, 0.3) is 0 Å². The van der Waals surface area contributed by atoms with Crippen molar-refractivity contribution in [1.29, 1.82) is 0 Å². The van der Waals surface area contributed by atoms with E-state index in [4.69, 9.17) is 0 Å². The number of piperidine rings is 3. The fraction of sp³-hybridized carbons (Fsp3) is 0.679. The summed E-state index contributed by atoms with van der Waals surface area (Å²) in [6.07, 6.45) is 12.6. The monoisotopic (exact) mass is 537 g/mol. The van der Waals surface area contributed by atoms with E-state index in [1.807, 2.05) is 0 Å². The third-order valence-corrected chi connectivity index (χ3v) is 9.79. The quantitative estimate of drug-likeness (QED) is 0.388. The predicted octanol–water partition coefficient (Wildman–Crippen LogP) is 4.65. The van der Waals surface area contributed by atoms with E-state index in [9.17, 15) is 22.2 Å². The van der Waals surface area contributed by atoms with Crippen LogP contribution >= 0.6 is 0 Å². The molecule has 4 aliphatic rings. The molecule has 1 amide bonds. The third-order valence-electron chi connectivity index (χ3n) is 8.67. The first-order chi connectivity index (χ1) is 17.8. The van der Waals surface area contributed by atoms with Crippen LogP contribution in [0.1, 0.15) is 56.9 Å². The molecule has 0 spiro atoms. The van der Waals surface area contributed by atoms with E-state index in [-0.39, 0.29) is 17.2 Å². The van der Waals surface area contributed by atoms with Crippen molar-refractivity contribution < 1.29 is 22.2 Å². The Labute approximate surface area is 220 Å². The van der Waals surface area contributed by atoms with Gasteiger partial charge < -0.3 is 5.32 Å². The molecule has 5 nitrogen and oxygen atoms in total. The molecule has 9 heteroatoms. The van der Waals surface area contributed by atoms with Crippen LogP contribution in [0, 0.1) is 11.8 Å². The van der Waals surface area contributed by atoms with Crippen molar-refractivity contribution in [3.05, 3.63) is 41.5 Å². The second kappa shape index (κ2) is 11.6. The highest BCUT2D eigenvalue weighted by Crippen LogP contribution is 2.45. The van der Waals surface area contributed by atoms with Gasteiger partial charge in [-0.05, 0) is 94.1 Å². The zero-order valence-corrected chi connectivity index (χ0v) is 22.2. The molecule has 0 radical (unpaired) electrons. The first-order valence-electron chi connectivity index (χ1n) is 13.8. The Morgan fingerprint density at radius 3 is 2.68 bits per heavy atom. The number of likely N-dealkylation sites (tertiary alicyclic amines) is 1. The Morgan fingerprint density at radius 1 is 1.08 bits per heavy atom. The van der Waals surface area contributed by atoms with Crippen LogP contribution in [0.15, 0.2) is 40.8 Å². The summed E-state index contributed by atoms with van der Waals surface area (Å²) in [6.45, 7) is 5.33. The minimum Gasteiger partial charge on any atom is -0.356 e. The molecule has 1 N–H and O–H groups in total. The Kier molecular flexibility index (Phi) is 8.41. The Hall–Kier alpha value is -1.71. The van der Waals surface area contributed by atoms with Crippen molar-refractivity contribution in [2.75, 3.05) is 32.7 Å². The largest absolute Gasteiger partial charge is 0.475 e. The normalized spacial score (nSPS) is 29.1. The number of halogens is 3. The summed E-state index contributed by atoms with van der Waals surface area (Å²) in [6, 6.07) is 6.60. The second-order valence-electron chi connectivity index (χ2n) is 11.1. The number of carbonyl (C=O) groups is 1. The Balaban J connectivity index is 1.05. The highest BCUT2D eigenvalue weighted by molar-refractivity contribution is 7.86. The van der Waals surface area contributed by atoms with Crippen molar-refractivity contribution in [1.82, 2.24) is 15.1 Å². The van der Waals surface area contributed by atoms with Crippen molar-refractivity contribution in [3.63, 3.8) is 0 Å². The van der Waals surface area contributed by atoms with Gasteiger partial charge in [-0.1, -0.05) is 30.2 Å². The maximum Gasteiger partial charge on any atom is 0.475 e. The molecule has 1 aromatic carbocycles. The summed E-state index contributed by atoms with van der Waals surface area (Å²) >= 11 is 0. The molecule has 3 aliphatic heterocycles. The van der Waals surface area contributed by atoms with Crippen LogP contribution in [-0.2, 0) is 22.0 Å². The molecule has 3 heterocycles. The lowest BCUT2D eigenvalue weighted by Gasteiger charge is -2.55. The molecule has 5 rings (SSSR count). The Morgan fingerprint density at radius 2 is 1.89 bits per heavy atom. The number of nitrogens with zero attached hydrogens (tertiary/aromatic N) is 2. The molecule has 5 atom stereocenters. The fourth-order valence-electron chi connectivity index (χ4n) is 7.12. The van der Waals surface area contributed by atoms with Gasteiger partial charge in [-0.15, -0.1) is 0 Å². The topological polar surface area (TPSA) is 52.7 Å². The molecule has 2 bridgehead atoms. The summed E-state index contributed by atoms with van der Waals surface area (Å²) in [5, 5.41) is 2.94. The maximum atomic E-state index is 12.6. The van der Waals surface area contributed by atoms with Crippen LogP contribution in [-0.4, -0.2) is 70.2 Å². The van der Waals surface area contributed by atoms with Crippen LogP contribution in [0.2, 0.25) is 0 Å². The van der Waals surface area contributed by atoms with Gasteiger partial charge in [0.15, 0.2) is 10.8 Å². The number of hydrogen-bond donors (Lipinski definition) is 1. The van der Waals surface area contributed by atoms with E-state index in [0.29, 0.717) is 18.2 Å². The third kappa shape index (κ3) is 6.31. The molecule has 0 aromatic heterocycles. The lowest BCUT2D eigenvalue weighted by atomic mass is 9.68. The van der Waals surface area contributed by atoms with Gasteiger partial charge >= 0.3 is 5.51 Å². The average molecular weight is 538 g/mol. The van der Waals surface area contributed by atoms with Crippen LogP contribution in [0.5, 0.6) is 0 Å². The lowest BCUT2D eigenvalue weighted by molar-refractivity contribution is -0.120. The van der Waals surface area contributed by atoms with Gasteiger partial charge in [0.05, 0.1) is 6.42 Å². The summed E-state index contributed by atoms with van der Waals surface area (Å²) in [4.78, 5) is 17.5. The molecule has 0 saturated carbocycles. The van der Waals surface area contributed by atoms with Crippen LogP contribution in [0.3, 0.4) is 0 Å². The van der Waals surface area contributed by atoms with E-state index in [1.165, 1.54) is 75.9 Å². The number of fused-ring (bicyclic) bond motifs is 6. The van der Waals surface area contributed by atoms with Gasteiger partial charge in [-0.3, -0.25) is 14.6 Å². The number of rotatable bonds is 8. The molecule has 204 valence electrons. The molecule has 1 aromatic rings. The molecule has 3 saturated heterocycles. The molecular formula is C28H38F3N3O2S. The SMILES string of the molecule is O=C(Cc1ccc(S(=O)C(F)(F)F)cc1)NCCCCN1CCCC2=C[C@H]3C[C@H](CN4CCCC[C@H]34)[C@@H]21. The lowest BCUT2D eigenvalue weighted by Crippen LogP contribution is -2.59. The van der Waals surface area contributed by atoms with Gasteiger partial charge in [-0.2, -0.15) is 13.2 Å². The summed E-state index contributed by atoms with van der Waals surface area (Å²) in [5.74, 6) is 1.35. The van der Waals surface area contributed by atoms with E-state index >= 15 is 0 Å². The smallest absolute Gasteiger partial charge is 0.356 e. The first-order valence-corrected chi connectivity index (χ1v) is 15.0. The number of unbranched alkanes of at least 4 members (excludes halogenated alkanes) is 1. The number of alkyl halides is 3. The van der Waals surface area contributed by atoms with Crippen molar-refractivity contribution in [3.8, 4) is 0 Å². The van der Waals surface area contributed by atoms with Gasteiger partial charge in [0.25, 0.3) is 0 Å². The minimum absolute atomic E-state index is 0.0988. The summed E-state index contributed by atoms with van der Waals surface area (Å²) < 4.78 is 49.2. The van der Waals surface area contributed by atoms with E-state index in [0.717, 1.165) is 43.8 Å². The van der Waals surface area contributed by atoms with Gasteiger partial charge in [0, 0.05) is 30.1 Å². The summed E-state index contributed by atoms with van der Waals surface area (Å²) in [5.41, 5.74) is -2.49. The second-order valence-corrected chi connectivity index (χ2v) is 12.6. The van der Waals surface area contributed by atoms with E-state index in [2.05, 4.69) is 21.2 Å². The van der Waals surface area contributed by atoms with Crippen LogP contribution < -0.4 is 5.32 Å². The predicted molar refractivity (Wildman–Crippen MR) is 138 cm³/mol. The maximum absolute atomic E-state index is 12.6. The van der Waals surface area contributed by atoms with Gasteiger partial charge in [-0.25, -0.2) is 4.21 Å². The Bertz CT molecular complexity index is 1010. The fourth-order valence-corrected chi connectivity index (χ4v) is 7.77. The number of benzene rings is 1. The molecule has 37 heavy (non-hydrogen) atoms. The summed E-state index contributed by atoms with van der Waals surface area (Å²) in [7, 11) is -3.05. The number of amides is 1. The van der Waals surface area contributed by atoms with E-state index in [1.54, 1.807) is 5.57 Å². The van der Waals surface area contributed by atoms with Crippen molar-refractivity contribution in [2.45, 2.75) is 80.3 Å². The number of carbonyl (C=O) groups excluding carboxylic acids is 1. The van der Waals surface area contributed by atoms with Gasteiger partial charge in [0.1, 0.15) is 0 Å². The van der Waals surface area contributed by atoms with Crippen molar-refractivity contribution >= 4 is 16.7 Å². The minimum atomic E-state index is -4.78. The van der Waals surface area contributed by atoms with E-state index < -0.39 is 16.3 Å². The standard InChI is InChI=1S/C28H38F3N3O2S/c29-28(30,31)37(36)24-10-8-20(9-11-24)16-26(35)32-12-2-4-13-33-15-5-6-21-17-22-18-23(27(21)33)19-34-14-3-1-7-25(22)34/h8-11,17,22-23,25,27H,1-7,12-16,18-19H2,(H,32,35)/t22-,23+,25+,27+,37?/m0/s1. The number of hydrogen-bond acceptors (Lipinski definition) is 4. The number of nitrogens with one attached hydrogen (secondary N) is 1. The zero-order chi connectivity index (χ0) is 26.0. The van der Waals surface area contributed by atoms with Gasteiger partial charge in [0.2, 0.25) is 5.91 Å². The highest BCUT2D eigenvalue weighted by atomic mass is 32.2. The van der Waals surface area contributed by atoms with Crippen molar-refractivity contribution in [2.24, 2.45) is 11.8 Å². The molecule has 1 aliphatic carbocycles. The van der Waals surface area contributed by atoms with Crippen LogP contribution in [0.4, 0.5) is 13.2 Å². The molecule has 1 unspecified atom stereocenters. The molecule has 3 fully saturated rings.